The van der Waals surface area contributed by atoms with Gasteiger partial charge in [-0.15, -0.1) is 5.10 Å². The monoisotopic (exact) mass is 397 g/mol. The second-order valence-electron chi connectivity index (χ2n) is 6.99. The topological polar surface area (TPSA) is 46.4 Å². The lowest BCUT2D eigenvalue weighted by molar-refractivity contribution is 0.120. The molecule has 1 fully saturated rings. The summed E-state index contributed by atoms with van der Waals surface area (Å²) in [6.45, 7) is 5.84. The third-order valence-corrected chi connectivity index (χ3v) is 5.31. The first-order chi connectivity index (χ1) is 13.7. The van der Waals surface area contributed by atoms with Gasteiger partial charge in [-0.05, 0) is 29.8 Å². The number of aromatic nitrogens is 3. The maximum Gasteiger partial charge on any atom is 0.144 e. The molecule has 0 bridgehead atoms. The number of hydrogen-bond donors (Lipinski definition) is 0. The van der Waals surface area contributed by atoms with E-state index in [9.17, 15) is 0 Å². The van der Waals surface area contributed by atoms with Crippen molar-refractivity contribution < 1.29 is 4.74 Å². The van der Waals surface area contributed by atoms with Gasteiger partial charge in [-0.3, -0.25) is 9.80 Å². The van der Waals surface area contributed by atoms with E-state index >= 15 is 0 Å². The van der Waals surface area contributed by atoms with Crippen LogP contribution in [-0.2, 0) is 13.1 Å². The van der Waals surface area contributed by atoms with Gasteiger partial charge in [0.2, 0.25) is 0 Å². The van der Waals surface area contributed by atoms with Crippen LogP contribution in [-0.4, -0.2) is 58.1 Å². The average Bonchev–Trinajstić information content (AvgIpc) is 3.17. The molecular weight excluding hydrogens is 374 g/mol. The molecule has 0 atom stereocenters. The molecule has 1 aromatic heterocycles. The Kier molecular flexibility index (Phi) is 5.90. The molecule has 1 aliphatic heterocycles. The minimum Gasteiger partial charge on any atom is -0.494 e. The van der Waals surface area contributed by atoms with Crippen molar-refractivity contribution in [2.75, 3.05) is 33.3 Å². The fraction of sp³-hybridized carbons (Fsp3) is 0.333. The lowest BCUT2D eigenvalue weighted by atomic mass is 10.2. The Hall–Kier alpha value is -2.41. The highest BCUT2D eigenvalue weighted by Crippen LogP contribution is 2.23. The molecule has 6 nitrogen and oxygen atoms in total. The summed E-state index contributed by atoms with van der Waals surface area (Å²) in [4.78, 5) is 4.91. The number of ether oxygens (including phenoxy) is 1. The number of nitrogens with zero attached hydrogens (tertiary/aromatic N) is 5. The first kappa shape index (κ1) is 18.9. The van der Waals surface area contributed by atoms with E-state index in [1.165, 1.54) is 5.56 Å². The standard InChI is InChI=1S/C21H24ClN5O/c1-28-21-8-3-2-7-20(21)27-19(14-23-24-27)16-26-11-9-25(10-12-26)15-17-5-4-6-18(22)13-17/h2-8,13-14H,9-12,15-16H2,1H3. The minimum absolute atomic E-state index is 0.792. The fourth-order valence-electron chi connectivity index (χ4n) is 3.60. The highest BCUT2D eigenvalue weighted by molar-refractivity contribution is 6.30. The Morgan fingerprint density at radius 3 is 2.46 bits per heavy atom. The summed E-state index contributed by atoms with van der Waals surface area (Å²) in [7, 11) is 1.68. The predicted molar refractivity (Wildman–Crippen MR) is 110 cm³/mol. The number of hydrogen-bond acceptors (Lipinski definition) is 5. The van der Waals surface area contributed by atoms with Gasteiger partial charge in [0.15, 0.2) is 0 Å². The molecule has 146 valence electrons. The van der Waals surface area contributed by atoms with Crippen LogP contribution < -0.4 is 4.74 Å². The number of rotatable bonds is 6. The van der Waals surface area contributed by atoms with Gasteiger partial charge in [-0.2, -0.15) is 0 Å². The van der Waals surface area contributed by atoms with Crippen LogP contribution in [0, 0.1) is 0 Å². The lowest BCUT2D eigenvalue weighted by Crippen LogP contribution is -2.45. The first-order valence-corrected chi connectivity index (χ1v) is 9.83. The normalized spacial score (nSPS) is 15.6. The Bertz CT molecular complexity index is 920. The van der Waals surface area contributed by atoms with Gasteiger partial charge in [0, 0.05) is 44.3 Å². The van der Waals surface area contributed by atoms with Gasteiger partial charge in [0.25, 0.3) is 0 Å². The van der Waals surface area contributed by atoms with E-state index in [1.807, 2.05) is 53.3 Å². The maximum atomic E-state index is 6.10. The van der Waals surface area contributed by atoms with Gasteiger partial charge in [-0.1, -0.05) is 41.1 Å². The van der Waals surface area contributed by atoms with Crippen LogP contribution in [0.1, 0.15) is 11.3 Å². The molecule has 4 rings (SSSR count). The quantitative estimate of drug-likeness (QED) is 0.639. The number of methoxy groups -OCH3 is 1. The summed E-state index contributed by atoms with van der Waals surface area (Å²) in [5.74, 6) is 0.792. The molecule has 2 aromatic carbocycles. The molecule has 7 heteroatoms. The van der Waals surface area contributed by atoms with Gasteiger partial charge in [0.05, 0.1) is 19.0 Å². The van der Waals surface area contributed by atoms with Crippen molar-refractivity contribution in [2.24, 2.45) is 0 Å². The number of para-hydroxylation sites is 2. The molecule has 0 aliphatic carbocycles. The zero-order chi connectivity index (χ0) is 19.3. The van der Waals surface area contributed by atoms with Gasteiger partial charge >= 0.3 is 0 Å². The summed E-state index contributed by atoms with van der Waals surface area (Å²) in [6, 6.07) is 16.0. The molecule has 0 amide bonds. The van der Waals surface area contributed by atoms with Crippen molar-refractivity contribution in [2.45, 2.75) is 13.1 Å². The number of halogens is 1. The highest BCUT2D eigenvalue weighted by atomic mass is 35.5. The van der Waals surface area contributed by atoms with E-state index in [4.69, 9.17) is 16.3 Å². The third-order valence-electron chi connectivity index (χ3n) is 5.08. The second-order valence-corrected chi connectivity index (χ2v) is 7.43. The predicted octanol–water partition coefficient (Wildman–Crippen LogP) is 3.25. The molecule has 3 aromatic rings. The summed E-state index contributed by atoms with van der Waals surface area (Å²) >= 11 is 6.10. The van der Waals surface area contributed by atoms with E-state index in [0.29, 0.717) is 0 Å². The molecule has 2 heterocycles. The maximum absolute atomic E-state index is 6.10. The molecule has 0 saturated carbocycles. The van der Waals surface area contributed by atoms with E-state index in [0.717, 1.165) is 61.4 Å². The zero-order valence-corrected chi connectivity index (χ0v) is 16.7. The van der Waals surface area contributed by atoms with Gasteiger partial charge in [0.1, 0.15) is 11.4 Å². The summed E-state index contributed by atoms with van der Waals surface area (Å²) in [5, 5.41) is 9.20. The second kappa shape index (κ2) is 8.73. The molecule has 0 radical (unpaired) electrons. The molecule has 0 unspecified atom stereocenters. The van der Waals surface area contributed by atoms with Crippen molar-refractivity contribution in [3.63, 3.8) is 0 Å². The van der Waals surface area contributed by atoms with Crippen LogP contribution in [0.4, 0.5) is 0 Å². The van der Waals surface area contributed by atoms with E-state index in [1.54, 1.807) is 7.11 Å². The van der Waals surface area contributed by atoms with E-state index < -0.39 is 0 Å². The smallest absolute Gasteiger partial charge is 0.144 e. The third kappa shape index (κ3) is 4.35. The zero-order valence-electron chi connectivity index (χ0n) is 16.0. The van der Waals surface area contributed by atoms with Crippen LogP contribution in [0.2, 0.25) is 5.02 Å². The van der Waals surface area contributed by atoms with Crippen LogP contribution in [0.15, 0.2) is 54.7 Å². The summed E-state index contributed by atoms with van der Waals surface area (Å²) in [5.41, 5.74) is 3.24. The average molecular weight is 398 g/mol. The summed E-state index contributed by atoms with van der Waals surface area (Å²) in [6.07, 6.45) is 1.84. The molecule has 1 aliphatic rings. The Morgan fingerprint density at radius 2 is 1.71 bits per heavy atom. The van der Waals surface area contributed by atoms with E-state index in [-0.39, 0.29) is 0 Å². The summed E-state index contributed by atoms with van der Waals surface area (Å²) < 4.78 is 7.35. The van der Waals surface area contributed by atoms with Crippen LogP contribution in [0.5, 0.6) is 5.75 Å². The van der Waals surface area contributed by atoms with Gasteiger partial charge < -0.3 is 4.74 Å². The van der Waals surface area contributed by atoms with Crippen molar-refractivity contribution in [3.8, 4) is 11.4 Å². The molecule has 0 spiro atoms. The van der Waals surface area contributed by atoms with Crippen LogP contribution >= 0.6 is 11.6 Å². The van der Waals surface area contributed by atoms with Crippen LogP contribution in [0.25, 0.3) is 5.69 Å². The van der Waals surface area contributed by atoms with Gasteiger partial charge in [-0.25, -0.2) is 4.68 Å². The first-order valence-electron chi connectivity index (χ1n) is 9.45. The lowest BCUT2D eigenvalue weighted by Gasteiger charge is -2.34. The Morgan fingerprint density at radius 1 is 0.964 bits per heavy atom. The van der Waals surface area contributed by atoms with Crippen molar-refractivity contribution in [3.05, 3.63) is 71.0 Å². The fourth-order valence-corrected chi connectivity index (χ4v) is 3.81. The van der Waals surface area contributed by atoms with Crippen molar-refractivity contribution >= 4 is 11.6 Å². The Balaban J connectivity index is 1.38. The Labute approximate surface area is 170 Å². The van der Waals surface area contributed by atoms with Crippen molar-refractivity contribution in [1.29, 1.82) is 0 Å². The molecule has 28 heavy (non-hydrogen) atoms. The number of piperazine rings is 1. The minimum atomic E-state index is 0.792. The van der Waals surface area contributed by atoms with E-state index in [2.05, 4.69) is 26.2 Å². The van der Waals surface area contributed by atoms with Crippen LogP contribution in [0.3, 0.4) is 0 Å². The van der Waals surface area contributed by atoms with Crippen molar-refractivity contribution in [1.82, 2.24) is 24.8 Å². The molecular formula is C21H24ClN5O. The molecule has 1 saturated heterocycles. The SMILES string of the molecule is COc1ccccc1-n1nncc1CN1CCN(Cc2cccc(Cl)c2)CC1. The largest absolute Gasteiger partial charge is 0.494 e. The highest BCUT2D eigenvalue weighted by Gasteiger charge is 2.20. The molecule has 0 N–H and O–H groups in total. The number of benzene rings is 2.